The summed E-state index contributed by atoms with van der Waals surface area (Å²) < 4.78 is 15.6. The number of hydrogen-bond donors (Lipinski definition) is 3. The number of unbranched alkanes of at least 4 members (excludes halogenated alkanes) is 13. The fourth-order valence-corrected chi connectivity index (χ4v) is 3.40. The van der Waals surface area contributed by atoms with Crippen molar-refractivity contribution in [3.63, 3.8) is 0 Å². The number of rotatable bonds is 20. The molecule has 0 rings (SSSR count). The van der Waals surface area contributed by atoms with Crippen LogP contribution in [0, 0.1) is 5.75 Å². The Balaban J connectivity index is 0. The predicted molar refractivity (Wildman–Crippen MR) is 130 cm³/mol. The molecule has 1 atom stereocenters. The maximum atomic E-state index is 9.98. The van der Waals surface area contributed by atoms with Gasteiger partial charge in [0.1, 0.15) is 6.10 Å². The van der Waals surface area contributed by atoms with E-state index in [-0.39, 0.29) is 27.7 Å². The molecule has 7 heteroatoms. The first-order valence-electron chi connectivity index (χ1n) is 12.3. The van der Waals surface area contributed by atoms with E-state index >= 15 is 0 Å². The number of aliphatic hydroxyl groups excluding tert-OH is 3. The summed E-state index contributed by atoms with van der Waals surface area (Å²) in [6, 6.07) is 0. The fraction of sp³-hybridized carbons (Fsp3) is 0.958. The van der Waals surface area contributed by atoms with Crippen molar-refractivity contribution in [3.8, 4) is 5.75 Å². The number of ether oxygens (including phenoxy) is 1. The molecule has 186 valence electrons. The summed E-state index contributed by atoms with van der Waals surface area (Å²) in [5, 5.41) is 26.2. The number of likely N-dealkylation sites (N-methyl/N-ethyl adjacent to an activating group) is 1. The van der Waals surface area contributed by atoms with Gasteiger partial charge in [0.15, 0.2) is 0 Å². The molecule has 0 heterocycles. The first kappa shape index (κ1) is 33.0. The van der Waals surface area contributed by atoms with Crippen molar-refractivity contribution in [2.45, 2.75) is 103 Å². The zero-order chi connectivity index (χ0) is 23.6. The summed E-state index contributed by atoms with van der Waals surface area (Å²) in [5.74, 6) is 2.62. The van der Waals surface area contributed by atoms with Gasteiger partial charge in [-0.15, -0.1) is 0 Å². The Bertz CT molecular complexity index is 456. The molecule has 0 aromatic heterocycles. The van der Waals surface area contributed by atoms with Gasteiger partial charge in [0, 0.05) is 6.61 Å². The van der Waals surface area contributed by atoms with Crippen LogP contribution >= 0.6 is 7.92 Å². The number of quaternary nitrogens is 1. The standard InChI is InChI=1S/C19H40O3.C5H11NO2P/c1-2-3-4-5-6-7-8-9-10-11-12-13-14-15-16-22-18-19(21)17-20;1-6(2,3-4-7)5-9-8/h19-21H,2-18H2,1H3;7H,3-4H2,1-2H3/q;+1. The van der Waals surface area contributed by atoms with Gasteiger partial charge in [-0.1, -0.05) is 90.4 Å². The van der Waals surface area contributed by atoms with Gasteiger partial charge < -0.3 is 14.9 Å². The molecule has 1 unspecified atom stereocenters. The second-order valence-corrected chi connectivity index (χ2v) is 9.21. The average Bonchev–Trinajstić information content (AvgIpc) is 2.73. The van der Waals surface area contributed by atoms with E-state index in [1.54, 1.807) is 0 Å². The van der Waals surface area contributed by atoms with E-state index in [2.05, 4.69) is 12.7 Å². The van der Waals surface area contributed by atoms with Crippen LogP contribution in [0.1, 0.15) is 96.8 Å². The van der Waals surface area contributed by atoms with Crippen molar-refractivity contribution in [1.82, 2.24) is 0 Å². The van der Waals surface area contributed by atoms with E-state index in [0.717, 1.165) is 6.42 Å². The summed E-state index contributed by atoms with van der Waals surface area (Å²) in [6.45, 7) is 3.67. The second kappa shape index (κ2) is 26.1. The molecule has 0 bridgehead atoms. The molecule has 0 aromatic rings. The molecule has 0 radical (unpaired) electrons. The van der Waals surface area contributed by atoms with Crippen LogP contribution in [0.15, 0.2) is 0 Å². The van der Waals surface area contributed by atoms with Gasteiger partial charge >= 0.3 is 55.1 Å². The topological polar surface area (TPSA) is 87.0 Å². The minimum absolute atomic E-state index is 0.0928. The zero-order valence-electron chi connectivity index (χ0n) is 20.6. The van der Waals surface area contributed by atoms with Gasteiger partial charge in [0.2, 0.25) is 0 Å². The average molecular weight is 465 g/mol. The van der Waals surface area contributed by atoms with E-state index in [9.17, 15) is 4.57 Å². The number of nitrogens with zero attached hydrogens (tertiary/aromatic N) is 1. The molecule has 6 nitrogen and oxygen atoms in total. The van der Waals surface area contributed by atoms with E-state index in [1.165, 1.54) is 83.5 Å². The molecule has 0 spiro atoms. The van der Waals surface area contributed by atoms with E-state index < -0.39 is 6.10 Å². The molecule has 31 heavy (non-hydrogen) atoms. The summed E-state index contributed by atoms with van der Waals surface area (Å²) in [4.78, 5) is 0. The van der Waals surface area contributed by atoms with Crippen molar-refractivity contribution in [2.24, 2.45) is 0 Å². The third-order valence-electron chi connectivity index (χ3n) is 5.13. The summed E-state index contributed by atoms with van der Waals surface area (Å²) in [6.07, 6.45) is 18.3. The molecular formula is C24H51NO5P+. The summed E-state index contributed by atoms with van der Waals surface area (Å²) >= 11 is 0. The molecule has 0 amide bonds. The third kappa shape index (κ3) is 29.8. The molecule has 0 fully saturated rings. The molecular weight excluding hydrogens is 413 g/mol. The second-order valence-electron chi connectivity index (χ2n) is 8.83. The predicted octanol–water partition coefficient (Wildman–Crippen LogP) is 5.10. The quantitative estimate of drug-likeness (QED) is 0.133. The van der Waals surface area contributed by atoms with Crippen molar-refractivity contribution in [1.29, 1.82) is 0 Å². The Morgan fingerprint density at radius 3 is 1.68 bits per heavy atom. The van der Waals surface area contributed by atoms with E-state index in [0.29, 0.717) is 17.6 Å². The normalized spacial score (nSPS) is 12.1. The van der Waals surface area contributed by atoms with Crippen molar-refractivity contribution >= 4 is 7.92 Å². The van der Waals surface area contributed by atoms with Gasteiger partial charge in [-0.05, 0) is 6.42 Å². The fourth-order valence-electron chi connectivity index (χ4n) is 3.08. The van der Waals surface area contributed by atoms with Gasteiger partial charge in [0.05, 0.1) is 13.2 Å². The van der Waals surface area contributed by atoms with Crippen LogP contribution in [0.5, 0.6) is 0 Å². The van der Waals surface area contributed by atoms with Gasteiger partial charge in [-0.3, -0.25) is 0 Å². The Labute approximate surface area is 193 Å². The van der Waals surface area contributed by atoms with Crippen LogP contribution < -0.4 is 0 Å². The maximum absolute atomic E-state index is 9.98. The first-order valence-corrected chi connectivity index (χ1v) is 13.1. The molecule has 0 aromatic carbocycles. The minimum atomic E-state index is -0.716. The Hall–Kier alpha value is -0.190. The molecule has 0 aliphatic carbocycles. The van der Waals surface area contributed by atoms with E-state index in [4.69, 9.17) is 20.1 Å². The van der Waals surface area contributed by atoms with Gasteiger partial charge in [0.25, 0.3) is 0 Å². The molecule has 0 aliphatic heterocycles. The zero-order valence-corrected chi connectivity index (χ0v) is 21.5. The first-order chi connectivity index (χ1) is 14.9. The van der Waals surface area contributed by atoms with Crippen LogP contribution in [0.2, 0.25) is 0 Å². The van der Waals surface area contributed by atoms with Gasteiger partial charge in [-0.25, -0.2) is 0 Å². The van der Waals surface area contributed by atoms with Crippen LogP contribution in [0.3, 0.4) is 0 Å². The summed E-state index contributed by atoms with van der Waals surface area (Å²) in [7, 11) is 3.54. The van der Waals surface area contributed by atoms with Crippen LogP contribution in [-0.2, 0) is 9.30 Å². The number of aliphatic hydroxyl groups is 3. The van der Waals surface area contributed by atoms with Crippen LogP contribution in [-0.4, -0.2) is 73.0 Å². The Kier molecular flexibility index (Phi) is 27.7. The van der Waals surface area contributed by atoms with Crippen molar-refractivity contribution in [3.05, 3.63) is 0 Å². The number of hydrogen-bond acceptors (Lipinski definition) is 5. The molecule has 3 N–H and O–H groups in total. The van der Waals surface area contributed by atoms with Crippen molar-refractivity contribution < 1.29 is 29.1 Å². The third-order valence-corrected chi connectivity index (χ3v) is 5.76. The summed E-state index contributed by atoms with van der Waals surface area (Å²) in [5.41, 5.74) is 0. The van der Waals surface area contributed by atoms with Gasteiger partial charge in [-0.2, -0.15) is 0 Å². The van der Waals surface area contributed by atoms with Crippen molar-refractivity contribution in [2.75, 3.05) is 47.1 Å². The van der Waals surface area contributed by atoms with Crippen LogP contribution in [0.25, 0.3) is 0 Å². The molecule has 0 saturated heterocycles. The van der Waals surface area contributed by atoms with E-state index in [1.807, 2.05) is 14.1 Å². The SMILES string of the molecule is CCCCCCCCCCCCCCCCOCC(O)CO.C[N+](C)(C#P=O)CCO. The monoisotopic (exact) mass is 464 g/mol. The van der Waals surface area contributed by atoms with Crippen LogP contribution in [0.4, 0.5) is 0 Å². The molecule has 0 saturated carbocycles. The Morgan fingerprint density at radius 2 is 1.29 bits per heavy atom. The Morgan fingerprint density at radius 1 is 0.839 bits per heavy atom. The molecule has 0 aliphatic rings.